The molecule has 0 radical (unpaired) electrons. The van der Waals surface area contributed by atoms with Crippen LogP contribution in [0.1, 0.15) is 52.7 Å². The van der Waals surface area contributed by atoms with Crippen molar-refractivity contribution in [3.63, 3.8) is 0 Å². The molecule has 1 aromatic heterocycles. The van der Waals surface area contributed by atoms with Gasteiger partial charge in [0.1, 0.15) is 0 Å². The Morgan fingerprint density at radius 1 is 1.26 bits per heavy atom. The monoisotopic (exact) mass is 391 g/mol. The molecule has 1 atom stereocenters. The van der Waals surface area contributed by atoms with Gasteiger partial charge in [-0.2, -0.15) is 0 Å². The Balaban J connectivity index is 1.42. The van der Waals surface area contributed by atoms with Gasteiger partial charge in [0, 0.05) is 31.4 Å². The second-order valence-electron chi connectivity index (χ2n) is 8.37. The van der Waals surface area contributed by atoms with Crippen molar-refractivity contribution >= 4 is 23.2 Å². The first-order valence-electron chi connectivity index (χ1n) is 10.3. The van der Waals surface area contributed by atoms with Crippen LogP contribution in [0.25, 0.3) is 0 Å². The van der Waals surface area contributed by atoms with E-state index in [0.29, 0.717) is 0 Å². The number of nitrogens with one attached hydrogen (secondary N) is 1. The number of hydrogen-bond donors (Lipinski definition) is 1. The molecule has 2 heterocycles. The summed E-state index contributed by atoms with van der Waals surface area (Å²) in [7, 11) is 3.56. The summed E-state index contributed by atoms with van der Waals surface area (Å²) < 4.78 is 0. The average molecular weight is 392 g/mol. The van der Waals surface area contributed by atoms with Gasteiger partial charge >= 0.3 is 0 Å². The van der Waals surface area contributed by atoms with E-state index in [9.17, 15) is 9.59 Å². The summed E-state index contributed by atoms with van der Waals surface area (Å²) >= 11 is 1.59. The number of amides is 2. The fourth-order valence-corrected chi connectivity index (χ4v) is 5.25. The molecule has 6 heteroatoms. The van der Waals surface area contributed by atoms with Gasteiger partial charge in [0.05, 0.1) is 4.88 Å². The number of carbonyl (C=O) groups is 2. The molecule has 0 aromatic carbocycles. The Labute approximate surface area is 167 Å². The zero-order valence-corrected chi connectivity index (χ0v) is 17.7. The predicted molar refractivity (Wildman–Crippen MR) is 110 cm³/mol. The molecule has 1 aliphatic heterocycles. The number of aryl methyl sites for hydroxylation is 1. The Kier molecular flexibility index (Phi) is 6.93. The second kappa shape index (κ2) is 9.20. The Morgan fingerprint density at radius 3 is 2.70 bits per heavy atom. The van der Waals surface area contributed by atoms with Gasteiger partial charge in [0.15, 0.2) is 0 Å². The number of nitrogens with zero attached hydrogens (tertiary/aromatic N) is 2. The topological polar surface area (TPSA) is 52.7 Å². The van der Waals surface area contributed by atoms with Gasteiger partial charge < -0.3 is 15.1 Å². The number of thiophene rings is 1. The van der Waals surface area contributed by atoms with E-state index < -0.39 is 0 Å². The smallest absolute Gasteiger partial charge is 0.263 e. The van der Waals surface area contributed by atoms with E-state index in [4.69, 9.17) is 0 Å². The highest BCUT2D eigenvalue weighted by molar-refractivity contribution is 7.14. The number of likely N-dealkylation sites (tertiary alicyclic amines) is 1. The molecule has 1 saturated heterocycles. The number of piperidine rings is 1. The van der Waals surface area contributed by atoms with Crippen LogP contribution in [0.15, 0.2) is 6.07 Å². The minimum Gasteiger partial charge on any atom is -0.356 e. The first-order chi connectivity index (χ1) is 12.9. The normalized spacial score (nSPS) is 20.9. The summed E-state index contributed by atoms with van der Waals surface area (Å²) in [5, 5.41) is 3.14. The molecule has 2 aliphatic rings. The molecule has 1 aliphatic carbocycles. The maximum absolute atomic E-state index is 12.6. The van der Waals surface area contributed by atoms with Gasteiger partial charge in [-0.1, -0.05) is 6.92 Å². The summed E-state index contributed by atoms with van der Waals surface area (Å²) in [6.07, 6.45) is 6.19. The quantitative estimate of drug-likeness (QED) is 0.759. The molecule has 5 nitrogen and oxygen atoms in total. The van der Waals surface area contributed by atoms with Crippen LogP contribution in [0.2, 0.25) is 0 Å². The minimum absolute atomic E-state index is 0.0465. The van der Waals surface area contributed by atoms with Crippen LogP contribution in [0.4, 0.5) is 0 Å². The summed E-state index contributed by atoms with van der Waals surface area (Å²) in [5.41, 5.74) is 1.19. The van der Waals surface area contributed by atoms with Gasteiger partial charge in [0.25, 0.3) is 5.91 Å². The van der Waals surface area contributed by atoms with Crippen LogP contribution >= 0.6 is 11.3 Å². The lowest BCUT2D eigenvalue weighted by Crippen LogP contribution is -2.37. The molecular weight excluding hydrogens is 358 g/mol. The van der Waals surface area contributed by atoms with Gasteiger partial charge in [-0.3, -0.25) is 9.59 Å². The highest BCUT2D eigenvalue weighted by Gasteiger charge is 2.27. The third kappa shape index (κ3) is 5.32. The molecule has 0 bridgehead atoms. The van der Waals surface area contributed by atoms with E-state index in [1.807, 2.05) is 6.07 Å². The zero-order valence-electron chi connectivity index (χ0n) is 16.9. The number of fused-ring (bicyclic) bond motifs is 1. The van der Waals surface area contributed by atoms with E-state index in [1.165, 1.54) is 36.4 Å². The Morgan fingerprint density at radius 2 is 2.00 bits per heavy atom. The zero-order chi connectivity index (χ0) is 19.4. The van der Waals surface area contributed by atoms with Crippen molar-refractivity contribution in [1.82, 2.24) is 15.1 Å². The van der Waals surface area contributed by atoms with Crippen molar-refractivity contribution < 1.29 is 9.59 Å². The lowest BCUT2D eigenvalue weighted by Gasteiger charge is -2.30. The maximum Gasteiger partial charge on any atom is 0.263 e. The molecule has 0 unspecified atom stereocenters. The van der Waals surface area contributed by atoms with E-state index in [2.05, 4.69) is 17.1 Å². The highest BCUT2D eigenvalue weighted by atomic mass is 32.1. The number of hydrogen-bond acceptors (Lipinski definition) is 4. The molecule has 0 saturated carbocycles. The molecule has 150 valence electrons. The van der Waals surface area contributed by atoms with Crippen LogP contribution in [0, 0.1) is 11.8 Å². The molecule has 2 amide bonds. The first-order valence-corrected chi connectivity index (χ1v) is 11.1. The summed E-state index contributed by atoms with van der Waals surface area (Å²) in [4.78, 5) is 30.9. The Bertz CT molecular complexity index is 662. The van der Waals surface area contributed by atoms with Crippen LogP contribution in [0.5, 0.6) is 0 Å². The van der Waals surface area contributed by atoms with Gasteiger partial charge in [0.2, 0.25) is 5.91 Å². The Hall–Kier alpha value is -1.40. The standard InChI is InChI=1S/C21H33N3O2S/c1-15-7-11-24(12-8-15)10-4-9-22-20(25)16-5-6-18-17(13-16)14-19(27-18)21(26)23(2)3/h14-16H,4-13H2,1-3H3,(H,22,25)/t16-/m0/s1. The maximum atomic E-state index is 12.6. The third-order valence-corrected chi connectivity index (χ3v) is 7.12. The molecule has 27 heavy (non-hydrogen) atoms. The lowest BCUT2D eigenvalue weighted by molar-refractivity contribution is -0.125. The molecule has 3 rings (SSSR count). The third-order valence-electron chi connectivity index (χ3n) is 5.90. The first kappa shape index (κ1) is 20.3. The summed E-state index contributed by atoms with van der Waals surface area (Å²) in [6, 6.07) is 2.00. The van der Waals surface area contributed by atoms with E-state index in [-0.39, 0.29) is 17.7 Å². The fourth-order valence-electron chi connectivity index (χ4n) is 4.02. The predicted octanol–water partition coefficient (Wildman–Crippen LogP) is 2.79. The summed E-state index contributed by atoms with van der Waals surface area (Å²) in [6.45, 7) is 6.59. The molecular formula is C21H33N3O2S. The molecule has 1 aromatic rings. The largest absolute Gasteiger partial charge is 0.356 e. The lowest BCUT2D eigenvalue weighted by atomic mass is 9.87. The van der Waals surface area contributed by atoms with E-state index >= 15 is 0 Å². The number of carbonyl (C=O) groups excluding carboxylic acids is 2. The SMILES string of the molecule is CC1CCN(CCCNC(=O)[C@H]2CCc3sc(C(=O)N(C)C)cc3C2)CC1. The number of rotatable bonds is 6. The van der Waals surface area contributed by atoms with Crippen molar-refractivity contribution in [1.29, 1.82) is 0 Å². The van der Waals surface area contributed by atoms with Gasteiger partial charge in [-0.15, -0.1) is 11.3 Å². The van der Waals surface area contributed by atoms with Crippen molar-refractivity contribution in [2.75, 3.05) is 40.3 Å². The van der Waals surface area contributed by atoms with E-state index in [1.54, 1.807) is 30.3 Å². The van der Waals surface area contributed by atoms with E-state index in [0.717, 1.165) is 49.6 Å². The van der Waals surface area contributed by atoms with Crippen molar-refractivity contribution in [2.24, 2.45) is 11.8 Å². The molecule has 0 spiro atoms. The van der Waals surface area contributed by atoms with Crippen molar-refractivity contribution in [2.45, 2.75) is 45.4 Å². The second-order valence-corrected chi connectivity index (χ2v) is 9.50. The van der Waals surface area contributed by atoms with Crippen LogP contribution in [-0.4, -0.2) is 61.9 Å². The highest BCUT2D eigenvalue weighted by Crippen LogP contribution is 2.33. The molecule has 1 N–H and O–H groups in total. The van der Waals surface area contributed by atoms with Crippen molar-refractivity contribution in [3.8, 4) is 0 Å². The van der Waals surface area contributed by atoms with Crippen LogP contribution in [0.3, 0.4) is 0 Å². The van der Waals surface area contributed by atoms with Gasteiger partial charge in [-0.05, 0) is 75.7 Å². The van der Waals surface area contributed by atoms with Crippen LogP contribution < -0.4 is 5.32 Å². The molecule has 1 fully saturated rings. The fraction of sp³-hybridized carbons (Fsp3) is 0.714. The average Bonchev–Trinajstić information content (AvgIpc) is 3.08. The minimum atomic E-state index is 0.0465. The van der Waals surface area contributed by atoms with Crippen molar-refractivity contribution in [3.05, 3.63) is 21.4 Å². The van der Waals surface area contributed by atoms with Crippen LogP contribution in [-0.2, 0) is 17.6 Å². The summed E-state index contributed by atoms with van der Waals surface area (Å²) in [5.74, 6) is 1.15. The van der Waals surface area contributed by atoms with Gasteiger partial charge in [-0.25, -0.2) is 0 Å².